The molecule has 6 aromatic heterocycles. The molecular formula is C62H78BBrN10O12S2. The fraction of sp³-hybridized carbons (Fsp3) is 0.419. The molecule has 4 fully saturated rings. The van der Waals surface area contributed by atoms with Crippen LogP contribution >= 0.6 is 15.9 Å². The Balaban J connectivity index is 0.000000190. The SMILES string of the molecule is C.C.O.O.O=S(=O)(c1ccccc1)n1cc(-c2cnn(CCN3CCOCC3)c2)c2cc(Br)cnc21.O=S(=O)(c1ccccc1)n1cc(-c2cnn(CCN3CCOCC3)c2)c2cc(C3=CCC4(CC3)OCCO4)cnc21.[B]C1=CCC2(CC1)OCCO2. The molecule has 0 atom stereocenters. The number of allylic oxidation sites excluding steroid dienone is 2. The van der Waals surface area contributed by atoms with E-state index in [1.54, 1.807) is 97.8 Å². The summed E-state index contributed by atoms with van der Waals surface area (Å²) >= 11 is 3.46. The third kappa shape index (κ3) is 15.0. The maximum atomic E-state index is 13.8. The highest BCUT2D eigenvalue weighted by molar-refractivity contribution is 9.10. The summed E-state index contributed by atoms with van der Waals surface area (Å²) in [7, 11) is -2.02. The van der Waals surface area contributed by atoms with Crippen LogP contribution in [0.5, 0.6) is 0 Å². The first-order valence-electron chi connectivity index (χ1n) is 28.5. The standard InChI is InChI=1S/C30H33N5O5S.C22H22BrN5O3S.C8H11BO2.2CH4.2H2O/c36-41(37,26-4-2-1-3-5-26)35-22-28(25-20-32-34(21-25)11-10-33-12-14-38-15-13-33)27-18-24(19-31-29(27)35)23-6-8-30(9-7-23)39-16-17-40-30;23-18-12-20-21(17-13-25-27(15-17)7-6-26-8-10-31-11-9-26)16-28(22(20)24-14-18)32(29,30)19-4-2-1-3-5-19;9-7-1-3-8(4-2-7)10-5-6-11-8;;;;/h1-6,18-22H,7-17H2;1-5,12-16H,6-11H2;1H,2-6H2;2*1H4;2*1H2. The van der Waals surface area contributed by atoms with Gasteiger partial charge in [0.25, 0.3) is 20.0 Å². The van der Waals surface area contributed by atoms with Crippen molar-refractivity contribution in [3.8, 4) is 22.3 Å². The van der Waals surface area contributed by atoms with Gasteiger partial charge in [0.15, 0.2) is 22.9 Å². The highest BCUT2D eigenvalue weighted by atomic mass is 79.9. The molecule has 4 saturated heterocycles. The molecule has 88 heavy (non-hydrogen) atoms. The summed E-state index contributed by atoms with van der Waals surface area (Å²) < 4.78 is 95.0. The second-order valence-electron chi connectivity index (χ2n) is 21.5. The van der Waals surface area contributed by atoms with Crippen LogP contribution < -0.4 is 0 Å². The van der Waals surface area contributed by atoms with E-state index in [4.69, 9.17) is 41.3 Å². The lowest BCUT2D eigenvalue weighted by atomic mass is 9.83. The summed E-state index contributed by atoms with van der Waals surface area (Å²) in [6.07, 6.45) is 23.3. The number of fused-ring (bicyclic) bond motifs is 2. The molecule has 0 amide bonds. The molecule has 8 aromatic rings. The molecule has 22 nitrogen and oxygen atoms in total. The predicted molar refractivity (Wildman–Crippen MR) is 342 cm³/mol. The molecule has 10 heterocycles. The van der Waals surface area contributed by atoms with Crippen molar-refractivity contribution in [3.05, 3.63) is 150 Å². The van der Waals surface area contributed by atoms with Crippen molar-refractivity contribution in [2.45, 2.75) is 87.8 Å². The number of halogens is 1. The van der Waals surface area contributed by atoms with Crippen molar-refractivity contribution in [1.82, 2.24) is 47.3 Å². The summed E-state index contributed by atoms with van der Waals surface area (Å²) in [6.45, 7) is 12.7. The number of ether oxygens (including phenoxy) is 6. The lowest BCUT2D eigenvalue weighted by Crippen LogP contribution is -2.38. The van der Waals surface area contributed by atoms with E-state index >= 15 is 0 Å². The van der Waals surface area contributed by atoms with Gasteiger partial charge < -0.3 is 39.4 Å². The predicted octanol–water partition coefficient (Wildman–Crippen LogP) is 7.60. The minimum absolute atomic E-state index is 0. The van der Waals surface area contributed by atoms with Gasteiger partial charge in [-0.05, 0) is 76.3 Å². The Bertz CT molecular complexity index is 3890. The van der Waals surface area contributed by atoms with Gasteiger partial charge in [-0.1, -0.05) is 63.4 Å². The van der Waals surface area contributed by atoms with Crippen LogP contribution in [0.4, 0.5) is 0 Å². The lowest BCUT2D eigenvalue weighted by Gasteiger charge is -2.30. The summed E-state index contributed by atoms with van der Waals surface area (Å²) in [4.78, 5) is 14.3. The Morgan fingerprint density at radius 2 is 0.966 bits per heavy atom. The highest BCUT2D eigenvalue weighted by Gasteiger charge is 2.39. The molecule has 4 N–H and O–H groups in total. The molecule has 2 aliphatic carbocycles. The normalized spacial score (nSPS) is 18.4. The van der Waals surface area contributed by atoms with Crippen LogP contribution in [0.2, 0.25) is 0 Å². The van der Waals surface area contributed by atoms with Gasteiger partial charge in [0.05, 0.1) is 88.1 Å². The molecule has 26 heteroatoms. The third-order valence-electron chi connectivity index (χ3n) is 16.1. The second kappa shape index (κ2) is 29.6. The van der Waals surface area contributed by atoms with Crippen LogP contribution in [0, 0.1) is 0 Å². The van der Waals surface area contributed by atoms with Crippen molar-refractivity contribution in [3.63, 3.8) is 0 Å². The van der Waals surface area contributed by atoms with Gasteiger partial charge in [0.2, 0.25) is 0 Å². The van der Waals surface area contributed by atoms with E-state index in [1.165, 1.54) is 7.94 Å². The van der Waals surface area contributed by atoms with Crippen LogP contribution in [0.3, 0.4) is 0 Å². The Morgan fingerprint density at radius 3 is 1.41 bits per heavy atom. The van der Waals surface area contributed by atoms with Gasteiger partial charge in [-0.2, -0.15) is 10.2 Å². The number of benzene rings is 2. The summed E-state index contributed by atoms with van der Waals surface area (Å²) in [6, 6.07) is 20.8. The third-order valence-corrected chi connectivity index (χ3v) is 19.8. The largest absolute Gasteiger partial charge is 0.412 e. The number of hydrogen-bond donors (Lipinski definition) is 0. The van der Waals surface area contributed by atoms with Crippen LogP contribution in [0.25, 0.3) is 49.9 Å². The first-order valence-corrected chi connectivity index (χ1v) is 32.2. The van der Waals surface area contributed by atoms with E-state index in [0.29, 0.717) is 30.9 Å². The topological polar surface area (TPSA) is 264 Å². The Labute approximate surface area is 524 Å². The van der Waals surface area contributed by atoms with E-state index < -0.39 is 25.8 Å². The first kappa shape index (κ1) is 67.7. The average molecular weight is 1310 g/mol. The van der Waals surface area contributed by atoms with Crippen LogP contribution in [0.15, 0.2) is 154 Å². The molecule has 2 radical (unpaired) electrons. The molecule has 0 unspecified atom stereocenters. The summed E-state index contributed by atoms with van der Waals surface area (Å²) in [5.74, 6) is -0.808. The lowest BCUT2D eigenvalue weighted by molar-refractivity contribution is -0.161. The van der Waals surface area contributed by atoms with Gasteiger partial charge in [-0.25, -0.2) is 34.7 Å². The molecule has 14 rings (SSSR count). The minimum Gasteiger partial charge on any atom is -0.412 e. The summed E-state index contributed by atoms with van der Waals surface area (Å²) in [5.41, 5.74) is 7.12. The smallest absolute Gasteiger partial charge is 0.269 e. The molecule has 2 aromatic carbocycles. The van der Waals surface area contributed by atoms with Gasteiger partial charge in [-0.15, -0.1) is 5.47 Å². The van der Waals surface area contributed by atoms with Gasteiger partial charge in [0.1, 0.15) is 7.85 Å². The van der Waals surface area contributed by atoms with E-state index in [-0.39, 0.29) is 41.4 Å². The summed E-state index contributed by atoms with van der Waals surface area (Å²) in [5, 5.41) is 10.6. The molecule has 470 valence electrons. The van der Waals surface area contributed by atoms with Crippen molar-refractivity contribution < 1.29 is 56.2 Å². The highest BCUT2D eigenvalue weighted by Crippen LogP contribution is 2.41. The van der Waals surface area contributed by atoms with Gasteiger partial charge in [-0.3, -0.25) is 19.2 Å². The first-order chi connectivity index (χ1) is 40.8. The Hall–Kier alpha value is -6.24. The van der Waals surface area contributed by atoms with E-state index in [9.17, 15) is 16.8 Å². The monoisotopic (exact) mass is 1310 g/mol. The van der Waals surface area contributed by atoms with E-state index in [0.717, 1.165) is 178 Å². The van der Waals surface area contributed by atoms with Gasteiger partial charge >= 0.3 is 0 Å². The van der Waals surface area contributed by atoms with Crippen LogP contribution in [-0.2, 0) is 61.6 Å². The molecular weight excluding hydrogens is 1230 g/mol. The number of aromatic nitrogens is 8. The van der Waals surface area contributed by atoms with Crippen molar-refractivity contribution in [2.24, 2.45) is 0 Å². The van der Waals surface area contributed by atoms with Crippen molar-refractivity contribution in [2.75, 3.05) is 92.1 Å². The molecule has 4 aliphatic heterocycles. The van der Waals surface area contributed by atoms with E-state index in [2.05, 4.69) is 53.1 Å². The fourth-order valence-electron chi connectivity index (χ4n) is 11.3. The molecule has 2 spiro atoms. The minimum atomic E-state index is -3.86. The number of hydrogen-bond acceptors (Lipinski definition) is 16. The van der Waals surface area contributed by atoms with Crippen molar-refractivity contribution >= 4 is 71.5 Å². The maximum Gasteiger partial charge on any atom is 0.269 e. The number of pyridine rings is 2. The quantitative estimate of drug-likeness (QED) is 0.101. The van der Waals surface area contributed by atoms with Gasteiger partial charge in [0, 0.05) is 140 Å². The number of nitrogens with zero attached hydrogens (tertiary/aromatic N) is 10. The fourth-order valence-corrected chi connectivity index (χ4v) is 14.4. The second-order valence-corrected chi connectivity index (χ2v) is 26.0. The zero-order valence-corrected chi connectivity index (χ0v) is 50.8. The zero-order chi connectivity index (χ0) is 57.7. The number of morpholine rings is 2. The molecule has 0 bridgehead atoms. The zero-order valence-electron chi connectivity index (χ0n) is 47.6. The van der Waals surface area contributed by atoms with Crippen molar-refractivity contribution in [1.29, 1.82) is 0 Å². The van der Waals surface area contributed by atoms with Crippen LogP contribution in [-0.4, -0.2) is 187 Å². The Kier molecular flexibility index (Phi) is 22.8. The average Bonchev–Trinajstić information content (AvgIpc) is 2.28. The maximum absolute atomic E-state index is 13.8. The van der Waals surface area contributed by atoms with Crippen LogP contribution in [0.1, 0.15) is 58.9 Å². The molecule has 0 saturated carbocycles. The Morgan fingerprint density at radius 1 is 0.523 bits per heavy atom. The number of rotatable bonds is 13. The molecule has 6 aliphatic rings. The van der Waals surface area contributed by atoms with E-state index in [1.807, 2.05) is 33.9 Å².